The standard InChI is InChI=1S/C12H22N2O2.C6H16N2/c13-11(15)7-3-4-8-12(16)14-9-5-1-2-6-10-14;1-6(5-8)3-2-4-7/h1-10H2,(H2,13,15);6H,2-5,7-8H2,1H3. The number of rotatable bonds is 9. The summed E-state index contributed by atoms with van der Waals surface area (Å²) in [6, 6.07) is 0. The molecular formula is C18H38N4O2. The molecule has 1 aliphatic rings. The van der Waals surface area contributed by atoms with Gasteiger partial charge in [0.15, 0.2) is 0 Å². The first-order chi connectivity index (χ1) is 11.5. The molecule has 1 aliphatic heterocycles. The summed E-state index contributed by atoms with van der Waals surface area (Å²) in [6.45, 7) is 5.56. The zero-order valence-corrected chi connectivity index (χ0v) is 15.5. The molecule has 142 valence electrons. The number of nitrogens with zero attached hydrogens (tertiary/aromatic N) is 1. The van der Waals surface area contributed by atoms with Gasteiger partial charge in [0.05, 0.1) is 0 Å². The van der Waals surface area contributed by atoms with Crippen LogP contribution in [-0.2, 0) is 9.59 Å². The number of unbranched alkanes of at least 4 members (excludes halogenated alkanes) is 1. The molecule has 0 spiro atoms. The van der Waals surface area contributed by atoms with Crippen molar-refractivity contribution in [3.05, 3.63) is 0 Å². The molecule has 0 aromatic carbocycles. The Kier molecular flexibility index (Phi) is 14.7. The molecule has 0 bridgehead atoms. The van der Waals surface area contributed by atoms with Crippen LogP contribution in [0.25, 0.3) is 0 Å². The molecule has 0 aromatic heterocycles. The third-order valence-electron chi connectivity index (χ3n) is 4.33. The summed E-state index contributed by atoms with van der Waals surface area (Å²) < 4.78 is 0. The molecule has 1 fully saturated rings. The van der Waals surface area contributed by atoms with Gasteiger partial charge in [-0.15, -0.1) is 0 Å². The van der Waals surface area contributed by atoms with Crippen LogP contribution in [-0.4, -0.2) is 42.9 Å². The monoisotopic (exact) mass is 342 g/mol. The molecule has 2 amide bonds. The lowest BCUT2D eigenvalue weighted by Crippen LogP contribution is -2.31. The zero-order chi connectivity index (χ0) is 18.2. The first kappa shape index (κ1) is 22.9. The molecule has 6 nitrogen and oxygen atoms in total. The van der Waals surface area contributed by atoms with Crippen LogP contribution in [0.4, 0.5) is 0 Å². The Morgan fingerprint density at radius 1 is 0.958 bits per heavy atom. The van der Waals surface area contributed by atoms with E-state index >= 15 is 0 Å². The summed E-state index contributed by atoms with van der Waals surface area (Å²) >= 11 is 0. The van der Waals surface area contributed by atoms with Gasteiger partial charge in [0.2, 0.25) is 11.8 Å². The van der Waals surface area contributed by atoms with Gasteiger partial charge in [0, 0.05) is 25.9 Å². The summed E-state index contributed by atoms with van der Waals surface area (Å²) in [4.78, 5) is 24.3. The van der Waals surface area contributed by atoms with E-state index in [2.05, 4.69) is 6.92 Å². The van der Waals surface area contributed by atoms with Gasteiger partial charge in [-0.05, 0) is 57.5 Å². The normalized spacial score (nSPS) is 15.9. The second-order valence-electron chi connectivity index (χ2n) is 6.74. The van der Waals surface area contributed by atoms with Crippen LogP contribution in [0.3, 0.4) is 0 Å². The Bertz CT molecular complexity index is 329. The highest BCUT2D eigenvalue weighted by Gasteiger charge is 2.14. The highest BCUT2D eigenvalue weighted by atomic mass is 16.2. The number of hydrogen-bond acceptors (Lipinski definition) is 4. The highest BCUT2D eigenvalue weighted by molar-refractivity contribution is 5.76. The number of likely N-dealkylation sites (tertiary alicyclic amines) is 1. The van der Waals surface area contributed by atoms with Crippen molar-refractivity contribution < 1.29 is 9.59 Å². The van der Waals surface area contributed by atoms with E-state index in [-0.39, 0.29) is 11.8 Å². The van der Waals surface area contributed by atoms with Gasteiger partial charge >= 0.3 is 0 Å². The number of nitrogens with two attached hydrogens (primary N) is 3. The van der Waals surface area contributed by atoms with E-state index in [0.717, 1.165) is 58.3 Å². The van der Waals surface area contributed by atoms with Crippen LogP contribution in [0.5, 0.6) is 0 Å². The summed E-state index contributed by atoms with van der Waals surface area (Å²) in [5.74, 6) is 0.618. The third kappa shape index (κ3) is 13.3. The minimum Gasteiger partial charge on any atom is -0.370 e. The topological polar surface area (TPSA) is 115 Å². The Morgan fingerprint density at radius 2 is 1.54 bits per heavy atom. The van der Waals surface area contributed by atoms with Crippen molar-refractivity contribution in [1.29, 1.82) is 0 Å². The Labute approximate surface area is 147 Å². The third-order valence-corrected chi connectivity index (χ3v) is 4.33. The van der Waals surface area contributed by atoms with Gasteiger partial charge < -0.3 is 22.1 Å². The van der Waals surface area contributed by atoms with Crippen LogP contribution in [0.2, 0.25) is 0 Å². The number of carbonyl (C=O) groups is 2. The van der Waals surface area contributed by atoms with Crippen molar-refractivity contribution in [1.82, 2.24) is 4.90 Å². The van der Waals surface area contributed by atoms with E-state index in [1.807, 2.05) is 4.90 Å². The molecule has 1 rings (SSSR count). The molecule has 0 saturated carbocycles. The fourth-order valence-corrected chi connectivity index (χ4v) is 2.64. The molecule has 0 aromatic rings. The maximum absolute atomic E-state index is 11.8. The maximum atomic E-state index is 11.8. The quantitative estimate of drug-likeness (QED) is 0.554. The van der Waals surface area contributed by atoms with Crippen LogP contribution in [0.15, 0.2) is 0 Å². The van der Waals surface area contributed by atoms with Gasteiger partial charge in [-0.2, -0.15) is 0 Å². The van der Waals surface area contributed by atoms with Gasteiger partial charge in [-0.25, -0.2) is 0 Å². The minimum atomic E-state index is -0.276. The molecule has 24 heavy (non-hydrogen) atoms. The van der Waals surface area contributed by atoms with E-state index in [0.29, 0.717) is 18.8 Å². The largest absolute Gasteiger partial charge is 0.370 e. The second kappa shape index (κ2) is 15.4. The van der Waals surface area contributed by atoms with Crippen LogP contribution < -0.4 is 17.2 Å². The lowest BCUT2D eigenvalue weighted by molar-refractivity contribution is -0.131. The van der Waals surface area contributed by atoms with Gasteiger partial charge in [0.1, 0.15) is 0 Å². The van der Waals surface area contributed by atoms with E-state index in [9.17, 15) is 9.59 Å². The maximum Gasteiger partial charge on any atom is 0.222 e. The molecule has 6 N–H and O–H groups in total. The summed E-state index contributed by atoms with van der Waals surface area (Å²) in [5.41, 5.74) is 15.7. The second-order valence-corrected chi connectivity index (χ2v) is 6.74. The van der Waals surface area contributed by atoms with Crippen LogP contribution in [0.1, 0.15) is 71.1 Å². The first-order valence-electron chi connectivity index (χ1n) is 9.47. The van der Waals surface area contributed by atoms with E-state index in [1.54, 1.807) is 0 Å². The smallest absolute Gasteiger partial charge is 0.222 e. The predicted molar refractivity (Wildman–Crippen MR) is 99.2 cm³/mol. The lowest BCUT2D eigenvalue weighted by Gasteiger charge is -2.20. The SMILES string of the molecule is CC(CN)CCCN.NC(=O)CCCCC(=O)N1CCCCCC1. The Morgan fingerprint density at radius 3 is 2.04 bits per heavy atom. The summed E-state index contributed by atoms with van der Waals surface area (Å²) in [6.07, 6.45) is 9.50. The average molecular weight is 343 g/mol. The lowest BCUT2D eigenvalue weighted by atomic mass is 10.1. The van der Waals surface area contributed by atoms with Crippen LogP contribution in [0, 0.1) is 5.92 Å². The van der Waals surface area contributed by atoms with Gasteiger partial charge in [-0.3, -0.25) is 9.59 Å². The molecule has 1 atom stereocenters. The summed E-state index contributed by atoms with van der Waals surface area (Å²) in [5, 5.41) is 0. The molecular weight excluding hydrogens is 304 g/mol. The number of amides is 2. The highest BCUT2D eigenvalue weighted by Crippen LogP contribution is 2.12. The molecule has 1 heterocycles. The molecule has 6 heteroatoms. The molecule has 1 unspecified atom stereocenters. The number of hydrogen-bond donors (Lipinski definition) is 3. The van der Waals surface area contributed by atoms with Crippen molar-refractivity contribution >= 4 is 11.8 Å². The predicted octanol–water partition coefficient (Wildman–Crippen LogP) is 1.75. The van der Waals surface area contributed by atoms with E-state index < -0.39 is 0 Å². The molecule has 1 saturated heterocycles. The van der Waals surface area contributed by atoms with Crippen molar-refractivity contribution in [2.75, 3.05) is 26.2 Å². The van der Waals surface area contributed by atoms with E-state index in [4.69, 9.17) is 17.2 Å². The van der Waals surface area contributed by atoms with E-state index in [1.165, 1.54) is 19.3 Å². The van der Waals surface area contributed by atoms with Gasteiger partial charge in [0.25, 0.3) is 0 Å². The Balaban J connectivity index is 0.000000561. The number of carbonyl (C=O) groups excluding carboxylic acids is 2. The van der Waals surface area contributed by atoms with Gasteiger partial charge in [-0.1, -0.05) is 19.8 Å². The zero-order valence-electron chi connectivity index (χ0n) is 15.5. The fourth-order valence-electron chi connectivity index (χ4n) is 2.64. The van der Waals surface area contributed by atoms with Crippen molar-refractivity contribution in [3.63, 3.8) is 0 Å². The molecule has 0 aliphatic carbocycles. The number of primary amides is 1. The average Bonchev–Trinajstić information content (AvgIpc) is 2.86. The van der Waals surface area contributed by atoms with Crippen molar-refractivity contribution in [3.8, 4) is 0 Å². The summed E-state index contributed by atoms with van der Waals surface area (Å²) in [7, 11) is 0. The Hall–Kier alpha value is -1.14. The molecule has 0 radical (unpaired) electrons. The van der Waals surface area contributed by atoms with Crippen LogP contribution >= 0.6 is 0 Å². The fraction of sp³-hybridized carbons (Fsp3) is 0.889. The van der Waals surface area contributed by atoms with Crippen molar-refractivity contribution in [2.24, 2.45) is 23.1 Å². The first-order valence-corrected chi connectivity index (χ1v) is 9.47. The van der Waals surface area contributed by atoms with Crippen molar-refractivity contribution in [2.45, 2.75) is 71.1 Å². The minimum absolute atomic E-state index is 0.242.